The predicted octanol–water partition coefficient (Wildman–Crippen LogP) is 4.28. The molecule has 6 nitrogen and oxygen atoms in total. The van der Waals surface area contributed by atoms with Gasteiger partial charge in [-0.15, -0.1) is 24.0 Å². The quantitative estimate of drug-likeness (QED) is 0.276. The van der Waals surface area contributed by atoms with Gasteiger partial charge in [-0.25, -0.2) is 4.68 Å². The normalized spacial score (nSPS) is 12.6. The molecule has 1 aromatic heterocycles. The lowest BCUT2D eigenvalue weighted by atomic mass is 10.1. The van der Waals surface area contributed by atoms with Crippen molar-refractivity contribution in [1.82, 2.24) is 25.3 Å². The largest absolute Gasteiger partial charge is 0.354 e. The van der Waals surface area contributed by atoms with Crippen molar-refractivity contribution in [1.29, 1.82) is 0 Å². The summed E-state index contributed by atoms with van der Waals surface area (Å²) in [6, 6.07) is 10.6. The summed E-state index contributed by atoms with van der Waals surface area (Å²) in [5.41, 5.74) is 4.50. The summed E-state index contributed by atoms with van der Waals surface area (Å²) in [5, 5.41) is 11.7. The SMILES string of the molecule is CCN(CC)CCCC(C)NC(=NC)NCc1c(C)nn(-c2ccccc2)c1C.I. The van der Waals surface area contributed by atoms with Crippen LogP contribution in [0.5, 0.6) is 0 Å². The number of rotatable bonds is 10. The smallest absolute Gasteiger partial charge is 0.191 e. The monoisotopic (exact) mass is 526 g/mol. The highest BCUT2D eigenvalue weighted by atomic mass is 127. The van der Waals surface area contributed by atoms with Crippen LogP contribution >= 0.6 is 24.0 Å². The van der Waals surface area contributed by atoms with Crippen LogP contribution in [0.15, 0.2) is 35.3 Å². The van der Waals surface area contributed by atoms with Gasteiger partial charge in [-0.3, -0.25) is 4.99 Å². The topological polar surface area (TPSA) is 57.5 Å². The minimum atomic E-state index is 0. The van der Waals surface area contributed by atoms with Crippen LogP contribution in [-0.4, -0.2) is 53.4 Å². The van der Waals surface area contributed by atoms with Gasteiger partial charge in [0.15, 0.2) is 5.96 Å². The maximum absolute atomic E-state index is 4.73. The van der Waals surface area contributed by atoms with Crippen molar-refractivity contribution < 1.29 is 0 Å². The number of hydrogen-bond donors (Lipinski definition) is 2. The molecule has 0 aliphatic carbocycles. The van der Waals surface area contributed by atoms with E-state index in [-0.39, 0.29) is 24.0 Å². The number of aromatic nitrogens is 2. The number of nitrogens with zero attached hydrogens (tertiary/aromatic N) is 4. The minimum Gasteiger partial charge on any atom is -0.354 e. The second kappa shape index (κ2) is 13.6. The Morgan fingerprint density at radius 1 is 1.17 bits per heavy atom. The molecule has 0 aliphatic rings. The summed E-state index contributed by atoms with van der Waals surface area (Å²) in [7, 11) is 1.82. The van der Waals surface area contributed by atoms with E-state index >= 15 is 0 Å². The average molecular weight is 527 g/mol. The van der Waals surface area contributed by atoms with Crippen LogP contribution in [0.1, 0.15) is 50.6 Å². The highest BCUT2D eigenvalue weighted by molar-refractivity contribution is 14.0. The fourth-order valence-electron chi connectivity index (χ4n) is 3.58. The Morgan fingerprint density at radius 2 is 1.83 bits per heavy atom. The van der Waals surface area contributed by atoms with Gasteiger partial charge in [0.05, 0.1) is 11.4 Å². The number of guanidine groups is 1. The van der Waals surface area contributed by atoms with E-state index in [1.54, 1.807) is 0 Å². The van der Waals surface area contributed by atoms with Crippen LogP contribution in [0.2, 0.25) is 0 Å². The third-order valence-electron chi connectivity index (χ3n) is 5.49. The Morgan fingerprint density at radius 3 is 2.43 bits per heavy atom. The van der Waals surface area contributed by atoms with Gasteiger partial charge in [0.2, 0.25) is 0 Å². The van der Waals surface area contributed by atoms with Gasteiger partial charge in [-0.1, -0.05) is 32.0 Å². The molecule has 1 unspecified atom stereocenters. The lowest BCUT2D eigenvalue weighted by molar-refractivity contribution is 0.292. The van der Waals surface area contributed by atoms with Gasteiger partial charge in [0, 0.05) is 30.9 Å². The fraction of sp³-hybridized carbons (Fsp3) is 0.565. The van der Waals surface area contributed by atoms with Crippen LogP contribution in [0, 0.1) is 13.8 Å². The molecule has 7 heteroatoms. The van der Waals surface area contributed by atoms with Crippen molar-refractivity contribution in [2.75, 3.05) is 26.7 Å². The van der Waals surface area contributed by atoms with E-state index in [2.05, 4.69) is 67.3 Å². The Balaban J connectivity index is 0.00000450. The van der Waals surface area contributed by atoms with E-state index in [1.807, 2.05) is 29.9 Å². The molecule has 2 rings (SSSR count). The molecule has 1 aromatic carbocycles. The first kappa shape index (κ1) is 26.4. The molecule has 1 atom stereocenters. The van der Waals surface area contributed by atoms with Crippen molar-refractivity contribution in [3.8, 4) is 5.69 Å². The first-order chi connectivity index (χ1) is 14.0. The van der Waals surface area contributed by atoms with Gasteiger partial charge in [-0.05, 0) is 65.4 Å². The maximum Gasteiger partial charge on any atom is 0.191 e. The molecule has 2 N–H and O–H groups in total. The summed E-state index contributed by atoms with van der Waals surface area (Å²) in [4.78, 5) is 6.87. The first-order valence-corrected chi connectivity index (χ1v) is 10.8. The zero-order chi connectivity index (χ0) is 21.2. The number of benzene rings is 1. The maximum atomic E-state index is 4.73. The lowest BCUT2D eigenvalue weighted by Gasteiger charge is -2.21. The Kier molecular flexibility index (Phi) is 12.0. The van der Waals surface area contributed by atoms with Gasteiger partial charge < -0.3 is 15.5 Å². The highest BCUT2D eigenvalue weighted by Crippen LogP contribution is 2.17. The van der Waals surface area contributed by atoms with Crippen LogP contribution in [0.4, 0.5) is 0 Å². The number of para-hydroxylation sites is 1. The number of hydrogen-bond acceptors (Lipinski definition) is 3. The molecule has 1 heterocycles. The average Bonchev–Trinajstić information content (AvgIpc) is 3.02. The van der Waals surface area contributed by atoms with Crippen LogP contribution < -0.4 is 10.6 Å². The molecule has 0 bridgehead atoms. The third kappa shape index (κ3) is 7.58. The molecular formula is C23H39IN6. The molecule has 0 spiro atoms. The number of halogens is 1. The zero-order valence-electron chi connectivity index (χ0n) is 19.4. The van der Waals surface area contributed by atoms with E-state index in [1.165, 1.54) is 12.0 Å². The summed E-state index contributed by atoms with van der Waals surface area (Å²) in [6.45, 7) is 15.0. The van der Waals surface area contributed by atoms with Gasteiger partial charge in [0.25, 0.3) is 0 Å². The van der Waals surface area contributed by atoms with Crippen molar-refractivity contribution >= 4 is 29.9 Å². The van der Waals surface area contributed by atoms with Gasteiger partial charge >= 0.3 is 0 Å². The number of aliphatic imine (C=N–C) groups is 1. The highest BCUT2D eigenvalue weighted by Gasteiger charge is 2.14. The molecule has 30 heavy (non-hydrogen) atoms. The predicted molar refractivity (Wildman–Crippen MR) is 138 cm³/mol. The second-order valence-electron chi connectivity index (χ2n) is 7.54. The van der Waals surface area contributed by atoms with Crippen molar-refractivity contribution in [2.45, 2.75) is 60.0 Å². The lowest BCUT2D eigenvalue weighted by Crippen LogP contribution is -2.42. The number of aryl methyl sites for hydroxylation is 1. The van der Waals surface area contributed by atoms with Crippen LogP contribution in [0.25, 0.3) is 5.69 Å². The van der Waals surface area contributed by atoms with Crippen molar-refractivity contribution in [3.05, 3.63) is 47.3 Å². The molecule has 0 radical (unpaired) electrons. The van der Waals surface area contributed by atoms with Gasteiger partial charge in [-0.2, -0.15) is 5.10 Å². The molecule has 0 amide bonds. The molecule has 0 saturated heterocycles. The molecule has 0 fully saturated rings. The number of nitrogens with one attached hydrogen (secondary N) is 2. The van der Waals surface area contributed by atoms with E-state index in [9.17, 15) is 0 Å². The molecular weight excluding hydrogens is 487 g/mol. The molecule has 0 saturated carbocycles. The summed E-state index contributed by atoms with van der Waals surface area (Å²) >= 11 is 0. The molecule has 0 aliphatic heterocycles. The molecule has 2 aromatic rings. The van der Waals surface area contributed by atoms with E-state index < -0.39 is 0 Å². The Labute approximate surface area is 199 Å². The van der Waals surface area contributed by atoms with E-state index in [0.29, 0.717) is 12.6 Å². The van der Waals surface area contributed by atoms with E-state index in [4.69, 9.17) is 5.10 Å². The summed E-state index contributed by atoms with van der Waals surface area (Å²) < 4.78 is 2.01. The minimum absolute atomic E-state index is 0. The van der Waals surface area contributed by atoms with Crippen LogP contribution in [-0.2, 0) is 6.54 Å². The first-order valence-electron chi connectivity index (χ1n) is 10.8. The summed E-state index contributed by atoms with van der Waals surface area (Å²) in [5.74, 6) is 0.839. The standard InChI is InChI=1S/C23H38N6.HI/c1-7-28(8-2)16-12-13-18(3)26-23(24-6)25-17-22-19(4)27-29(20(22)5)21-14-10-9-11-15-21;/h9-11,14-15,18H,7-8,12-13,16-17H2,1-6H3,(H2,24,25,26);1H. The Bertz CT molecular complexity index is 768. The van der Waals surface area contributed by atoms with Crippen molar-refractivity contribution in [2.24, 2.45) is 4.99 Å². The second-order valence-corrected chi connectivity index (χ2v) is 7.54. The zero-order valence-corrected chi connectivity index (χ0v) is 21.7. The third-order valence-corrected chi connectivity index (χ3v) is 5.49. The van der Waals surface area contributed by atoms with Crippen LogP contribution in [0.3, 0.4) is 0 Å². The fourth-order valence-corrected chi connectivity index (χ4v) is 3.58. The Hall–Kier alpha value is -1.61. The molecule has 168 valence electrons. The van der Waals surface area contributed by atoms with Crippen molar-refractivity contribution in [3.63, 3.8) is 0 Å². The van der Waals surface area contributed by atoms with Gasteiger partial charge in [0.1, 0.15) is 0 Å². The summed E-state index contributed by atoms with van der Waals surface area (Å²) in [6.07, 6.45) is 2.32. The van der Waals surface area contributed by atoms with E-state index in [0.717, 1.165) is 49.1 Å².